The zero-order valence-electron chi connectivity index (χ0n) is 17.7. The van der Waals surface area contributed by atoms with E-state index in [9.17, 15) is 5.11 Å². The Morgan fingerprint density at radius 1 is 0.750 bits per heavy atom. The number of rotatable bonds is 10. The van der Waals surface area contributed by atoms with Gasteiger partial charge in [-0.3, -0.25) is 0 Å². The molecule has 0 fully saturated rings. The Kier molecular flexibility index (Phi) is 7.75. The summed E-state index contributed by atoms with van der Waals surface area (Å²) in [5, 5.41) is 11.7. The van der Waals surface area contributed by atoms with E-state index in [4.69, 9.17) is 21.1 Å². The van der Waals surface area contributed by atoms with Crippen LogP contribution in [0.4, 0.5) is 0 Å². The Balaban J connectivity index is 1.52. The van der Waals surface area contributed by atoms with Crippen LogP contribution in [0.15, 0.2) is 103 Å². The molecule has 3 aromatic carbocycles. The first-order valence-electron chi connectivity index (χ1n) is 10.6. The molecule has 0 amide bonds. The van der Waals surface area contributed by atoms with Gasteiger partial charge in [0.05, 0.1) is 25.5 Å². The average molecular weight is 448 g/mol. The SMILES string of the molecule is O[C@H](COCc1ccccc1)[C@@H](OCc1ccccc1)c1cccn1-c1ccc(Cl)cc1. The molecule has 164 valence electrons. The molecule has 0 radical (unpaired) electrons. The minimum Gasteiger partial charge on any atom is -0.388 e. The predicted molar refractivity (Wildman–Crippen MR) is 127 cm³/mol. The molecule has 0 bridgehead atoms. The van der Waals surface area contributed by atoms with E-state index in [2.05, 4.69) is 0 Å². The van der Waals surface area contributed by atoms with Gasteiger partial charge >= 0.3 is 0 Å². The molecule has 5 heteroatoms. The van der Waals surface area contributed by atoms with Crippen molar-refractivity contribution < 1.29 is 14.6 Å². The highest BCUT2D eigenvalue weighted by molar-refractivity contribution is 6.30. The van der Waals surface area contributed by atoms with Gasteiger partial charge in [-0.25, -0.2) is 0 Å². The molecule has 4 rings (SSSR count). The first-order chi connectivity index (χ1) is 15.7. The summed E-state index contributed by atoms with van der Waals surface area (Å²) in [7, 11) is 0. The number of aliphatic hydroxyl groups is 1. The Labute approximate surface area is 193 Å². The molecule has 2 atom stereocenters. The van der Waals surface area contributed by atoms with Crippen molar-refractivity contribution in [1.29, 1.82) is 0 Å². The van der Waals surface area contributed by atoms with Crippen LogP contribution in [-0.2, 0) is 22.7 Å². The van der Waals surface area contributed by atoms with Crippen LogP contribution in [0.2, 0.25) is 5.02 Å². The summed E-state index contributed by atoms with van der Waals surface area (Å²) in [6.07, 6.45) is 0.537. The average Bonchev–Trinajstić information content (AvgIpc) is 3.31. The van der Waals surface area contributed by atoms with Crippen molar-refractivity contribution in [3.63, 3.8) is 0 Å². The summed E-state index contributed by atoms with van der Waals surface area (Å²) in [6.45, 7) is 0.967. The summed E-state index contributed by atoms with van der Waals surface area (Å²) in [4.78, 5) is 0. The van der Waals surface area contributed by atoms with Gasteiger partial charge in [-0.05, 0) is 47.5 Å². The van der Waals surface area contributed by atoms with Gasteiger partial charge in [-0.2, -0.15) is 0 Å². The molecule has 4 nitrogen and oxygen atoms in total. The molecule has 1 aromatic heterocycles. The molecule has 0 aliphatic rings. The molecule has 0 saturated carbocycles. The maximum atomic E-state index is 11.1. The number of ether oxygens (including phenoxy) is 2. The Bertz CT molecular complexity index is 1080. The van der Waals surface area contributed by atoms with E-state index in [1.54, 1.807) is 0 Å². The third-order valence-electron chi connectivity index (χ3n) is 5.20. The maximum absolute atomic E-state index is 11.1. The van der Waals surface area contributed by atoms with Crippen LogP contribution in [0.5, 0.6) is 0 Å². The number of halogens is 1. The first kappa shape index (κ1) is 22.3. The highest BCUT2D eigenvalue weighted by atomic mass is 35.5. The van der Waals surface area contributed by atoms with E-state index in [0.29, 0.717) is 18.2 Å². The smallest absolute Gasteiger partial charge is 0.126 e. The van der Waals surface area contributed by atoms with Crippen molar-refractivity contribution in [1.82, 2.24) is 4.57 Å². The van der Waals surface area contributed by atoms with E-state index in [1.165, 1.54) is 0 Å². The van der Waals surface area contributed by atoms with Crippen molar-refractivity contribution in [2.24, 2.45) is 0 Å². The van der Waals surface area contributed by atoms with E-state index in [1.807, 2.05) is 108 Å². The molecule has 4 aromatic rings. The fourth-order valence-corrected chi connectivity index (χ4v) is 3.70. The van der Waals surface area contributed by atoms with Crippen molar-refractivity contribution in [2.75, 3.05) is 6.61 Å². The molecule has 0 saturated heterocycles. The number of aliphatic hydroxyl groups excluding tert-OH is 1. The van der Waals surface area contributed by atoms with Gasteiger partial charge in [0.2, 0.25) is 0 Å². The highest BCUT2D eigenvalue weighted by Gasteiger charge is 2.26. The van der Waals surface area contributed by atoms with Gasteiger partial charge in [-0.1, -0.05) is 72.3 Å². The number of hydrogen-bond acceptors (Lipinski definition) is 3. The summed E-state index contributed by atoms with van der Waals surface area (Å²) in [5.74, 6) is 0. The van der Waals surface area contributed by atoms with Crippen LogP contribution in [0, 0.1) is 0 Å². The second kappa shape index (κ2) is 11.1. The first-order valence-corrected chi connectivity index (χ1v) is 11.0. The minimum atomic E-state index is -0.844. The molecular formula is C27H26ClNO3. The van der Waals surface area contributed by atoms with Crippen molar-refractivity contribution >= 4 is 11.6 Å². The molecular weight excluding hydrogens is 422 g/mol. The van der Waals surface area contributed by atoms with Gasteiger partial charge < -0.3 is 19.1 Å². The van der Waals surface area contributed by atoms with Crippen LogP contribution in [0.25, 0.3) is 5.69 Å². The summed E-state index contributed by atoms with van der Waals surface area (Å²) in [6, 6.07) is 31.3. The number of benzene rings is 3. The van der Waals surface area contributed by atoms with Crippen molar-refractivity contribution in [3.8, 4) is 5.69 Å². The van der Waals surface area contributed by atoms with E-state index in [0.717, 1.165) is 22.5 Å². The van der Waals surface area contributed by atoms with Crippen molar-refractivity contribution in [3.05, 3.63) is 125 Å². The number of aromatic nitrogens is 1. The Morgan fingerprint density at radius 3 is 2.03 bits per heavy atom. The van der Waals surface area contributed by atoms with E-state index < -0.39 is 12.2 Å². The van der Waals surface area contributed by atoms with Crippen LogP contribution in [0.1, 0.15) is 22.9 Å². The molecule has 1 heterocycles. The number of hydrogen-bond donors (Lipinski definition) is 1. The highest BCUT2D eigenvalue weighted by Crippen LogP contribution is 2.27. The molecule has 1 N–H and O–H groups in total. The predicted octanol–water partition coefficient (Wildman–Crippen LogP) is 5.97. The molecule has 32 heavy (non-hydrogen) atoms. The second-order valence-electron chi connectivity index (χ2n) is 7.56. The van der Waals surface area contributed by atoms with E-state index >= 15 is 0 Å². The van der Waals surface area contributed by atoms with Crippen LogP contribution in [0.3, 0.4) is 0 Å². The maximum Gasteiger partial charge on any atom is 0.126 e. The Hall–Kier alpha value is -2.89. The van der Waals surface area contributed by atoms with Gasteiger partial charge in [0.25, 0.3) is 0 Å². The lowest BCUT2D eigenvalue weighted by Gasteiger charge is -2.25. The molecule has 0 aliphatic heterocycles. The normalized spacial score (nSPS) is 13.1. The minimum absolute atomic E-state index is 0.153. The van der Waals surface area contributed by atoms with Gasteiger partial charge in [0, 0.05) is 16.9 Å². The van der Waals surface area contributed by atoms with E-state index in [-0.39, 0.29) is 6.61 Å². The van der Waals surface area contributed by atoms with Crippen LogP contribution >= 0.6 is 11.6 Å². The summed E-state index contributed by atoms with van der Waals surface area (Å²) >= 11 is 6.06. The third-order valence-corrected chi connectivity index (χ3v) is 5.45. The fraction of sp³-hybridized carbons (Fsp3) is 0.185. The topological polar surface area (TPSA) is 43.6 Å². The van der Waals surface area contributed by atoms with Crippen LogP contribution < -0.4 is 0 Å². The van der Waals surface area contributed by atoms with Crippen LogP contribution in [-0.4, -0.2) is 22.4 Å². The standard InChI is InChI=1S/C27H26ClNO3/c28-23-13-15-24(16-14-23)29-17-7-12-25(29)27(32-19-22-10-5-2-6-11-22)26(30)20-31-18-21-8-3-1-4-9-21/h1-17,26-27,30H,18-20H2/t26-,27+/m1/s1. The largest absolute Gasteiger partial charge is 0.388 e. The zero-order chi connectivity index (χ0) is 22.2. The molecule has 0 unspecified atom stereocenters. The molecule has 0 spiro atoms. The lowest BCUT2D eigenvalue weighted by molar-refractivity contribution is -0.0852. The second-order valence-corrected chi connectivity index (χ2v) is 8.00. The number of nitrogens with zero attached hydrogens (tertiary/aromatic N) is 1. The summed E-state index contributed by atoms with van der Waals surface area (Å²) < 4.78 is 14.1. The van der Waals surface area contributed by atoms with Gasteiger partial charge in [-0.15, -0.1) is 0 Å². The lowest BCUT2D eigenvalue weighted by Crippen LogP contribution is -2.28. The Morgan fingerprint density at radius 2 is 1.38 bits per heavy atom. The lowest BCUT2D eigenvalue weighted by atomic mass is 10.1. The van der Waals surface area contributed by atoms with Gasteiger partial charge in [0.1, 0.15) is 12.2 Å². The zero-order valence-corrected chi connectivity index (χ0v) is 18.4. The van der Waals surface area contributed by atoms with Crippen molar-refractivity contribution in [2.45, 2.75) is 25.4 Å². The van der Waals surface area contributed by atoms with Gasteiger partial charge in [0.15, 0.2) is 0 Å². The fourth-order valence-electron chi connectivity index (χ4n) is 3.58. The quantitative estimate of drug-likeness (QED) is 0.326. The summed E-state index contributed by atoms with van der Waals surface area (Å²) in [5.41, 5.74) is 3.89. The third kappa shape index (κ3) is 5.87. The molecule has 0 aliphatic carbocycles. The monoisotopic (exact) mass is 447 g/mol.